The number of fused-ring (bicyclic) bond motifs is 1. The summed E-state index contributed by atoms with van der Waals surface area (Å²) in [4.78, 5) is 11.5. The molecule has 3 heterocycles. The van der Waals surface area contributed by atoms with Crippen LogP contribution in [0.1, 0.15) is 6.92 Å². The smallest absolute Gasteiger partial charge is 0.406 e. The SMILES string of the molecule is COc1cc(-c2[o+]c3cc(O)ccc3c(O[C@@H]3O[C@H](CO)[C@@H](O)[C@H](O)[C@H]3O)c2O[C@@H]2O[C@H](COC(C)=O)[C@@H](O)[C@H](O)[C@H]2O)cc(OC)c1O. The highest BCUT2D eigenvalue weighted by atomic mass is 16.7. The van der Waals surface area contributed by atoms with E-state index < -0.39 is 86.3 Å². The van der Waals surface area contributed by atoms with Crippen LogP contribution < -0.4 is 18.9 Å². The van der Waals surface area contributed by atoms with Crippen LogP contribution in [0.3, 0.4) is 0 Å². The monoisotopic (exact) mass is 697 g/mol. The van der Waals surface area contributed by atoms with E-state index in [0.717, 1.165) is 6.92 Å². The minimum atomic E-state index is -1.95. The summed E-state index contributed by atoms with van der Waals surface area (Å²) in [6, 6.07) is 6.36. The van der Waals surface area contributed by atoms with Crippen LogP contribution in [0.4, 0.5) is 0 Å². The molecule has 0 amide bonds. The number of rotatable bonds is 10. The second kappa shape index (κ2) is 14.7. The second-order valence-corrected chi connectivity index (χ2v) is 11.2. The normalized spacial score (nSPS) is 30.1. The summed E-state index contributed by atoms with van der Waals surface area (Å²) in [5.41, 5.74) is -0.00556. The fourth-order valence-corrected chi connectivity index (χ4v) is 5.35. The van der Waals surface area contributed by atoms with E-state index in [9.17, 15) is 50.8 Å². The number of phenolic OH excluding ortho intramolecular Hbond substituents is 2. The lowest BCUT2D eigenvalue weighted by Crippen LogP contribution is -2.60. The molecule has 0 saturated carbocycles. The van der Waals surface area contributed by atoms with E-state index in [0.29, 0.717) is 0 Å². The van der Waals surface area contributed by atoms with Crippen molar-refractivity contribution in [1.29, 1.82) is 0 Å². The number of phenols is 2. The van der Waals surface area contributed by atoms with Gasteiger partial charge in [-0.25, -0.2) is 4.42 Å². The highest BCUT2D eigenvalue weighted by molar-refractivity contribution is 5.91. The molecule has 0 spiro atoms. The maximum absolute atomic E-state index is 11.5. The third kappa shape index (κ3) is 7.09. The van der Waals surface area contributed by atoms with E-state index in [-0.39, 0.29) is 51.0 Å². The van der Waals surface area contributed by atoms with Crippen molar-refractivity contribution in [3.63, 3.8) is 0 Å². The molecule has 49 heavy (non-hydrogen) atoms. The molecule has 5 rings (SSSR count). The predicted molar refractivity (Wildman–Crippen MR) is 161 cm³/mol. The number of esters is 1. The summed E-state index contributed by atoms with van der Waals surface area (Å²) in [5, 5.41) is 94.5. The molecule has 0 radical (unpaired) electrons. The van der Waals surface area contributed by atoms with Gasteiger partial charge in [0.15, 0.2) is 17.2 Å². The van der Waals surface area contributed by atoms with Crippen LogP contribution in [0.15, 0.2) is 34.7 Å². The van der Waals surface area contributed by atoms with E-state index in [1.165, 1.54) is 44.6 Å². The molecule has 2 aliphatic rings. The first kappa shape index (κ1) is 36.1. The molecular weight excluding hydrogens is 660 g/mol. The summed E-state index contributed by atoms with van der Waals surface area (Å²) in [6.45, 7) is -0.218. The number of methoxy groups -OCH3 is 2. The number of hydrogen-bond acceptors (Lipinski definition) is 17. The van der Waals surface area contributed by atoms with Gasteiger partial charge in [0, 0.05) is 19.1 Å². The van der Waals surface area contributed by atoms with E-state index in [2.05, 4.69) is 0 Å². The molecule has 2 fully saturated rings. The van der Waals surface area contributed by atoms with Crippen molar-refractivity contribution in [2.24, 2.45) is 0 Å². The lowest BCUT2D eigenvalue weighted by molar-refractivity contribution is -0.282. The average Bonchev–Trinajstić information content (AvgIpc) is 3.08. The number of aromatic hydroxyl groups is 2. The van der Waals surface area contributed by atoms with Crippen molar-refractivity contribution in [1.82, 2.24) is 0 Å². The Kier molecular flexibility index (Phi) is 10.8. The molecule has 18 heteroatoms. The highest BCUT2D eigenvalue weighted by Crippen LogP contribution is 2.50. The summed E-state index contributed by atoms with van der Waals surface area (Å²) in [6.07, 6.45) is -17.5. The Balaban J connectivity index is 1.73. The Morgan fingerprint density at radius 2 is 1.33 bits per heavy atom. The van der Waals surface area contributed by atoms with Crippen molar-refractivity contribution in [2.45, 2.75) is 68.3 Å². The van der Waals surface area contributed by atoms with Gasteiger partial charge in [0.2, 0.25) is 18.3 Å². The standard InChI is InChI=1S/C31H36O18/c1-11(33)44-10-19-22(37)24(39)26(41)31(47-19)49-29-27(12-6-16(42-2)20(35)17(7-12)43-3)45-15-8-13(34)4-5-14(15)28(29)48-30-25(40)23(38)21(36)18(9-32)46-30/h4-8,18-19,21-26,30-32,36-41H,9-10H2,1-3H3,(H-,34,35)/p+1/t18-,19-,21-,22-,23+,24+,25-,26-,30+,31+/m1/s1. The van der Waals surface area contributed by atoms with Gasteiger partial charge in [-0.3, -0.25) is 4.79 Å². The predicted octanol–water partition coefficient (Wildman–Crippen LogP) is -1.26. The minimum absolute atomic E-state index is 0.0357. The zero-order chi connectivity index (χ0) is 35.7. The van der Waals surface area contributed by atoms with Crippen LogP contribution in [0.5, 0.6) is 34.5 Å². The van der Waals surface area contributed by atoms with Crippen LogP contribution in [-0.4, -0.2) is 141 Å². The van der Waals surface area contributed by atoms with Crippen molar-refractivity contribution in [2.75, 3.05) is 27.4 Å². The molecule has 3 aromatic rings. The summed E-state index contributed by atoms with van der Waals surface area (Å²) < 4.78 is 45.2. The molecule has 2 saturated heterocycles. The molecule has 10 atom stereocenters. The van der Waals surface area contributed by atoms with Gasteiger partial charge >= 0.3 is 17.3 Å². The number of carbonyl (C=O) groups is 1. The largest absolute Gasteiger partial charge is 0.508 e. The molecular formula is C31H37O18+. The first-order valence-electron chi connectivity index (χ1n) is 14.8. The van der Waals surface area contributed by atoms with Crippen LogP contribution in [0, 0.1) is 0 Å². The highest BCUT2D eigenvalue weighted by Gasteiger charge is 2.49. The van der Waals surface area contributed by atoms with Gasteiger partial charge in [0.1, 0.15) is 66.6 Å². The molecule has 1 aromatic heterocycles. The number of carbonyl (C=O) groups excluding carboxylic acids is 1. The topological polar surface area (TPSA) is 275 Å². The van der Waals surface area contributed by atoms with Crippen molar-refractivity contribution in [3.05, 3.63) is 30.3 Å². The van der Waals surface area contributed by atoms with Crippen LogP contribution in [0.25, 0.3) is 22.3 Å². The van der Waals surface area contributed by atoms with Gasteiger partial charge in [-0.05, 0) is 12.1 Å². The summed E-state index contributed by atoms with van der Waals surface area (Å²) in [7, 11) is 2.53. The minimum Gasteiger partial charge on any atom is -0.508 e. The van der Waals surface area contributed by atoms with E-state index in [1.807, 2.05) is 0 Å². The molecule has 268 valence electrons. The number of aliphatic hydroxyl groups excluding tert-OH is 7. The zero-order valence-electron chi connectivity index (χ0n) is 26.3. The first-order chi connectivity index (χ1) is 23.3. The molecule has 2 aromatic carbocycles. The van der Waals surface area contributed by atoms with Gasteiger partial charge in [-0.15, -0.1) is 0 Å². The molecule has 9 N–H and O–H groups in total. The Morgan fingerprint density at radius 1 is 0.776 bits per heavy atom. The van der Waals surface area contributed by atoms with Crippen molar-refractivity contribution in [3.8, 4) is 45.8 Å². The van der Waals surface area contributed by atoms with E-state index in [1.54, 1.807) is 0 Å². The molecule has 0 bridgehead atoms. The first-order valence-corrected chi connectivity index (χ1v) is 14.8. The Labute approximate surface area is 277 Å². The van der Waals surface area contributed by atoms with Gasteiger partial charge < -0.3 is 79.1 Å². The fourth-order valence-electron chi connectivity index (χ4n) is 5.35. The number of benzene rings is 2. The van der Waals surface area contributed by atoms with Crippen molar-refractivity contribution < 1.29 is 88.3 Å². The van der Waals surface area contributed by atoms with Gasteiger partial charge in [-0.1, -0.05) is 0 Å². The van der Waals surface area contributed by atoms with Gasteiger partial charge in [0.05, 0.1) is 32.5 Å². The molecule has 18 nitrogen and oxygen atoms in total. The van der Waals surface area contributed by atoms with Crippen molar-refractivity contribution >= 4 is 16.9 Å². The molecule has 0 aliphatic carbocycles. The number of aliphatic hydroxyl groups is 7. The van der Waals surface area contributed by atoms with Crippen LogP contribution >= 0.6 is 0 Å². The average molecular weight is 698 g/mol. The summed E-state index contributed by atoms with van der Waals surface area (Å²) in [5.74, 6) is -2.63. The molecule has 2 aliphatic heterocycles. The zero-order valence-corrected chi connectivity index (χ0v) is 26.3. The Hall–Kier alpha value is -4.24. The third-order valence-electron chi connectivity index (χ3n) is 8.01. The fraction of sp³-hybridized carbons (Fsp3) is 0.484. The lowest BCUT2D eigenvalue weighted by atomic mass is 9.99. The number of hydrogen-bond donors (Lipinski definition) is 9. The Morgan fingerprint density at radius 3 is 1.88 bits per heavy atom. The van der Waals surface area contributed by atoms with Crippen LogP contribution in [-0.2, 0) is 19.0 Å². The van der Waals surface area contributed by atoms with E-state index in [4.69, 9.17) is 37.6 Å². The van der Waals surface area contributed by atoms with Gasteiger partial charge in [-0.2, -0.15) is 0 Å². The lowest BCUT2D eigenvalue weighted by Gasteiger charge is -2.40. The maximum atomic E-state index is 11.5. The second-order valence-electron chi connectivity index (χ2n) is 11.2. The van der Waals surface area contributed by atoms with E-state index >= 15 is 0 Å². The van der Waals surface area contributed by atoms with Crippen LogP contribution in [0.2, 0.25) is 0 Å². The quantitative estimate of drug-likeness (QED) is 0.0883. The maximum Gasteiger partial charge on any atom is 0.406 e. The van der Waals surface area contributed by atoms with Gasteiger partial charge in [0.25, 0.3) is 5.75 Å². The summed E-state index contributed by atoms with van der Waals surface area (Å²) >= 11 is 0. The number of ether oxygens (including phenoxy) is 7. The third-order valence-corrected chi connectivity index (χ3v) is 8.01. The molecule has 0 unspecified atom stereocenters. The Bertz CT molecular complexity index is 1620.